The van der Waals surface area contributed by atoms with Crippen LogP contribution in [0.3, 0.4) is 0 Å². The number of amides is 3. The van der Waals surface area contributed by atoms with E-state index < -0.39 is 23.6 Å². The predicted molar refractivity (Wildman–Crippen MR) is 146 cm³/mol. The highest BCUT2D eigenvalue weighted by atomic mass is 16.5. The summed E-state index contributed by atoms with van der Waals surface area (Å²) in [5, 5.41) is 5.05. The number of pyridine rings is 1. The number of carbonyl (C=O) groups is 3. The molecule has 3 heterocycles. The minimum absolute atomic E-state index is 0.0265. The number of aromatic amines is 1. The zero-order valence-corrected chi connectivity index (χ0v) is 22.5. The second kappa shape index (κ2) is 13.1. The van der Waals surface area contributed by atoms with Gasteiger partial charge in [-0.1, -0.05) is 11.6 Å². The van der Waals surface area contributed by atoms with Crippen LogP contribution in [0, 0.1) is 0 Å². The summed E-state index contributed by atoms with van der Waals surface area (Å²) in [6.07, 6.45) is 7.60. The summed E-state index contributed by atoms with van der Waals surface area (Å²) in [6.45, 7) is 4.01. The molecule has 39 heavy (non-hydrogen) atoms. The number of H-pyrrole nitrogens is 1. The Labute approximate surface area is 225 Å². The maximum absolute atomic E-state index is 13.1. The van der Waals surface area contributed by atoms with Crippen molar-refractivity contribution in [2.24, 2.45) is 0 Å². The number of ether oxygens (including phenoxy) is 1. The third kappa shape index (κ3) is 7.84. The van der Waals surface area contributed by atoms with Crippen LogP contribution in [0.4, 0.5) is 10.5 Å². The smallest absolute Gasteiger partial charge is 0.407 e. The fourth-order valence-corrected chi connectivity index (χ4v) is 3.56. The lowest BCUT2D eigenvalue weighted by Crippen LogP contribution is -2.44. The monoisotopic (exact) mass is 536 g/mol. The Morgan fingerprint density at radius 2 is 2.00 bits per heavy atom. The zero-order valence-electron chi connectivity index (χ0n) is 22.5. The average molecular weight is 537 g/mol. The number of allylic oxidation sites excluding steroid dienone is 2. The number of aromatic nitrogens is 5. The third-order valence-corrected chi connectivity index (χ3v) is 5.51. The lowest BCUT2D eigenvalue weighted by atomic mass is 10.1. The summed E-state index contributed by atoms with van der Waals surface area (Å²) < 4.78 is 6.01. The molecule has 3 aromatic rings. The van der Waals surface area contributed by atoms with E-state index >= 15 is 0 Å². The maximum Gasteiger partial charge on any atom is 0.407 e. The minimum atomic E-state index is -1.01. The number of carbonyl (C=O) groups excluding carboxylic acids is 3. The molecule has 0 saturated carbocycles. The van der Waals surface area contributed by atoms with Crippen LogP contribution in [-0.2, 0) is 20.9 Å². The van der Waals surface area contributed by atoms with Crippen LogP contribution in [0.5, 0.6) is 0 Å². The van der Waals surface area contributed by atoms with E-state index in [4.69, 9.17) is 0 Å². The number of fused-ring (bicyclic) bond motifs is 1. The molecule has 0 aliphatic heterocycles. The summed E-state index contributed by atoms with van der Waals surface area (Å²) in [7, 11) is 4.43. The normalized spacial score (nSPS) is 11.7. The molecule has 13 heteroatoms. The highest BCUT2D eigenvalue weighted by molar-refractivity contribution is 5.96. The fourth-order valence-electron chi connectivity index (χ4n) is 3.56. The summed E-state index contributed by atoms with van der Waals surface area (Å²) >= 11 is 0. The molecule has 0 saturated heterocycles. The Morgan fingerprint density at radius 1 is 1.23 bits per heavy atom. The van der Waals surface area contributed by atoms with Crippen molar-refractivity contribution in [2.45, 2.75) is 39.3 Å². The standard InChI is InChI=1S/C26H32N8O5/c1-16(2)13-19-22-23(28-15-27-19)32-20(31-22)14-34-12-8-10-18(25(34)37)29-24(36)17(30-26(38)39-5)9-6-7-11-21(35)33(3)4/h7-8,10-13,15,17H,6,9,14H2,1-5H3,(H,29,36)(H,30,38)(H,27,28,31,32)/b11-7+. The Hall–Kier alpha value is -4.81. The molecule has 3 amide bonds. The molecule has 3 rings (SSSR count). The minimum Gasteiger partial charge on any atom is -0.453 e. The van der Waals surface area contributed by atoms with Gasteiger partial charge in [0.1, 0.15) is 29.4 Å². The molecule has 3 N–H and O–H groups in total. The molecule has 0 fully saturated rings. The van der Waals surface area contributed by atoms with Gasteiger partial charge in [-0.25, -0.2) is 19.7 Å². The molecule has 0 radical (unpaired) electrons. The number of nitrogens with zero attached hydrogens (tertiary/aromatic N) is 5. The van der Waals surface area contributed by atoms with E-state index in [0.29, 0.717) is 29.1 Å². The molecular formula is C26H32N8O5. The lowest BCUT2D eigenvalue weighted by molar-refractivity contribution is -0.123. The average Bonchev–Trinajstić information content (AvgIpc) is 3.31. The molecule has 0 aromatic carbocycles. The second-order valence-electron chi connectivity index (χ2n) is 9.11. The number of likely N-dealkylation sites (N-methyl/N-ethyl adjacent to an activating group) is 1. The molecule has 0 aliphatic carbocycles. The molecule has 3 aromatic heterocycles. The van der Waals surface area contributed by atoms with E-state index in [1.165, 1.54) is 35.0 Å². The lowest BCUT2D eigenvalue weighted by Gasteiger charge is -2.17. The number of imidazole rings is 1. The van der Waals surface area contributed by atoms with Gasteiger partial charge in [-0.2, -0.15) is 0 Å². The summed E-state index contributed by atoms with van der Waals surface area (Å²) in [4.78, 5) is 67.2. The van der Waals surface area contributed by atoms with E-state index in [1.807, 2.05) is 19.9 Å². The quantitative estimate of drug-likeness (QED) is 0.331. The maximum atomic E-state index is 13.1. The van der Waals surface area contributed by atoms with Crippen LogP contribution in [0.1, 0.15) is 38.2 Å². The number of alkyl carbamates (subject to hydrolysis) is 1. The molecule has 0 aliphatic rings. The van der Waals surface area contributed by atoms with Gasteiger partial charge in [-0.15, -0.1) is 0 Å². The van der Waals surface area contributed by atoms with Crippen molar-refractivity contribution in [2.75, 3.05) is 26.5 Å². The van der Waals surface area contributed by atoms with Gasteiger partial charge in [0.25, 0.3) is 5.56 Å². The molecule has 0 spiro atoms. The summed E-state index contributed by atoms with van der Waals surface area (Å²) in [6, 6.07) is 2.08. The molecule has 0 bridgehead atoms. The van der Waals surface area contributed by atoms with Crippen LogP contribution in [0.15, 0.2) is 47.2 Å². The SMILES string of the molecule is COC(=O)NC(CC/C=C/C(=O)N(C)C)C(=O)Nc1cccn(Cc2nc3ncnc(C=C(C)C)c3[nH]2)c1=O. The van der Waals surface area contributed by atoms with Crippen molar-refractivity contribution in [1.82, 2.24) is 34.7 Å². The van der Waals surface area contributed by atoms with Gasteiger partial charge in [-0.05, 0) is 51.0 Å². The molecular weight excluding hydrogens is 504 g/mol. The highest BCUT2D eigenvalue weighted by Gasteiger charge is 2.22. The Balaban J connectivity index is 1.77. The highest BCUT2D eigenvalue weighted by Crippen LogP contribution is 2.15. The fraction of sp³-hybridized carbons (Fsp3) is 0.346. The molecule has 13 nitrogen and oxygen atoms in total. The second-order valence-corrected chi connectivity index (χ2v) is 9.11. The van der Waals surface area contributed by atoms with E-state index in [1.54, 1.807) is 32.4 Å². The van der Waals surface area contributed by atoms with Crippen LogP contribution >= 0.6 is 0 Å². The Bertz CT molecular complexity index is 1470. The van der Waals surface area contributed by atoms with Gasteiger partial charge in [0.05, 0.1) is 19.3 Å². The van der Waals surface area contributed by atoms with Crippen LogP contribution in [0.2, 0.25) is 0 Å². The largest absolute Gasteiger partial charge is 0.453 e. The van der Waals surface area contributed by atoms with Crippen molar-refractivity contribution in [3.63, 3.8) is 0 Å². The van der Waals surface area contributed by atoms with Crippen molar-refractivity contribution in [1.29, 1.82) is 0 Å². The van der Waals surface area contributed by atoms with E-state index in [9.17, 15) is 19.2 Å². The summed E-state index contributed by atoms with van der Waals surface area (Å²) in [5.41, 5.74) is 2.45. The first-order valence-corrected chi connectivity index (χ1v) is 12.2. The van der Waals surface area contributed by atoms with Gasteiger partial charge in [0.15, 0.2) is 5.65 Å². The van der Waals surface area contributed by atoms with Gasteiger partial charge >= 0.3 is 6.09 Å². The first-order chi connectivity index (χ1) is 18.6. The zero-order chi connectivity index (χ0) is 28.5. The predicted octanol–water partition coefficient (Wildman–Crippen LogP) is 2.07. The van der Waals surface area contributed by atoms with Crippen molar-refractivity contribution in [3.8, 4) is 0 Å². The number of hydrogen-bond donors (Lipinski definition) is 3. The van der Waals surface area contributed by atoms with Crippen molar-refractivity contribution >= 4 is 40.8 Å². The molecule has 1 unspecified atom stereocenters. The Kier molecular flexibility index (Phi) is 9.68. The van der Waals surface area contributed by atoms with Crippen LogP contribution in [0.25, 0.3) is 17.2 Å². The number of rotatable bonds is 10. The van der Waals surface area contributed by atoms with Gasteiger partial charge in [0, 0.05) is 20.3 Å². The van der Waals surface area contributed by atoms with E-state index in [2.05, 4.69) is 35.3 Å². The van der Waals surface area contributed by atoms with Gasteiger partial charge < -0.3 is 29.8 Å². The first-order valence-electron chi connectivity index (χ1n) is 12.2. The number of methoxy groups -OCH3 is 1. The number of anilines is 1. The van der Waals surface area contributed by atoms with E-state index in [0.717, 1.165) is 5.57 Å². The molecule has 206 valence electrons. The van der Waals surface area contributed by atoms with Gasteiger partial charge in [-0.3, -0.25) is 14.4 Å². The van der Waals surface area contributed by atoms with Crippen LogP contribution < -0.4 is 16.2 Å². The summed E-state index contributed by atoms with van der Waals surface area (Å²) in [5.74, 6) is -0.317. The van der Waals surface area contributed by atoms with Crippen molar-refractivity contribution < 1.29 is 19.1 Å². The van der Waals surface area contributed by atoms with Crippen LogP contribution in [-0.4, -0.2) is 74.6 Å². The van der Waals surface area contributed by atoms with E-state index in [-0.39, 0.29) is 24.6 Å². The number of hydrogen-bond acceptors (Lipinski definition) is 8. The van der Waals surface area contributed by atoms with Gasteiger partial charge in [0.2, 0.25) is 11.8 Å². The molecule has 1 atom stereocenters. The Morgan fingerprint density at radius 3 is 2.69 bits per heavy atom. The topological polar surface area (TPSA) is 164 Å². The van der Waals surface area contributed by atoms with Crippen molar-refractivity contribution in [3.05, 3.63) is 64.3 Å². The third-order valence-electron chi connectivity index (χ3n) is 5.51. The number of nitrogens with one attached hydrogen (secondary N) is 3. The first kappa shape index (κ1) is 28.8.